The van der Waals surface area contributed by atoms with Gasteiger partial charge >= 0.3 is 6.18 Å². The fourth-order valence-corrected chi connectivity index (χ4v) is 2.79. The van der Waals surface area contributed by atoms with E-state index in [4.69, 9.17) is 0 Å². The predicted octanol–water partition coefficient (Wildman–Crippen LogP) is 4.35. The highest BCUT2D eigenvalue weighted by atomic mass is 19.4. The molecule has 9 heteroatoms. The lowest BCUT2D eigenvalue weighted by molar-refractivity contribution is -0.137. The Morgan fingerprint density at radius 3 is 2.38 bits per heavy atom. The van der Waals surface area contributed by atoms with Gasteiger partial charge in [0, 0.05) is 17.3 Å². The highest BCUT2D eigenvalue weighted by Crippen LogP contribution is 2.36. The predicted molar refractivity (Wildman–Crippen MR) is 101 cm³/mol. The number of tetrazole rings is 1. The van der Waals surface area contributed by atoms with E-state index in [0.717, 1.165) is 30.5 Å². The van der Waals surface area contributed by atoms with Gasteiger partial charge in [0.05, 0.1) is 11.6 Å². The zero-order chi connectivity index (χ0) is 20.4. The molecule has 1 fully saturated rings. The van der Waals surface area contributed by atoms with Crippen LogP contribution >= 0.6 is 0 Å². The molecule has 0 aliphatic heterocycles. The van der Waals surface area contributed by atoms with E-state index < -0.39 is 11.7 Å². The Bertz CT molecular complexity index is 1040. The van der Waals surface area contributed by atoms with E-state index in [1.807, 2.05) is 12.1 Å². The average molecular weight is 399 g/mol. The molecule has 29 heavy (non-hydrogen) atoms. The van der Waals surface area contributed by atoms with Gasteiger partial charge in [-0.1, -0.05) is 12.1 Å². The van der Waals surface area contributed by atoms with E-state index in [1.165, 1.54) is 24.3 Å². The first kappa shape index (κ1) is 18.9. The largest absolute Gasteiger partial charge is 0.416 e. The minimum absolute atomic E-state index is 0.356. The van der Waals surface area contributed by atoms with Crippen molar-refractivity contribution >= 4 is 17.7 Å². The Balaban J connectivity index is 1.38. The summed E-state index contributed by atoms with van der Waals surface area (Å²) in [5, 5.41) is 14.5. The number of amides is 1. The number of hydrogen-bond donors (Lipinski definition) is 1. The first-order chi connectivity index (χ1) is 13.9. The molecule has 0 bridgehead atoms. The number of anilines is 1. The van der Waals surface area contributed by atoms with E-state index in [0.29, 0.717) is 23.1 Å². The number of aromatic nitrogens is 4. The minimum Gasteiger partial charge on any atom is -0.323 e. The van der Waals surface area contributed by atoms with Crippen molar-refractivity contribution in [3.8, 4) is 11.4 Å². The van der Waals surface area contributed by atoms with Crippen molar-refractivity contribution in [1.29, 1.82) is 0 Å². The van der Waals surface area contributed by atoms with Gasteiger partial charge in [-0.25, -0.2) is 4.68 Å². The van der Waals surface area contributed by atoms with Gasteiger partial charge in [0.2, 0.25) is 5.91 Å². The summed E-state index contributed by atoms with van der Waals surface area (Å²) in [5.41, 5.74) is 1.20. The molecule has 0 spiro atoms. The third kappa shape index (κ3) is 4.50. The molecule has 1 amide bonds. The summed E-state index contributed by atoms with van der Waals surface area (Å²) in [6, 6.07) is 12.1. The number of alkyl halides is 3. The molecule has 0 radical (unpaired) electrons. The van der Waals surface area contributed by atoms with Gasteiger partial charge in [0.1, 0.15) is 0 Å². The zero-order valence-corrected chi connectivity index (χ0v) is 15.1. The van der Waals surface area contributed by atoms with Gasteiger partial charge < -0.3 is 5.32 Å². The van der Waals surface area contributed by atoms with Gasteiger partial charge in [-0.3, -0.25) is 4.79 Å². The molecular formula is C20H16F3N5O. The van der Waals surface area contributed by atoms with Crippen LogP contribution in [0.4, 0.5) is 18.9 Å². The first-order valence-corrected chi connectivity index (χ1v) is 8.95. The number of nitrogens with one attached hydrogen (secondary N) is 1. The Morgan fingerprint density at radius 1 is 1.07 bits per heavy atom. The maximum absolute atomic E-state index is 12.6. The molecule has 1 N–H and O–H groups in total. The number of carbonyl (C=O) groups excluding carboxylic acids is 1. The summed E-state index contributed by atoms with van der Waals surface area (Å²) in [4.78, 5) is 12.1. The fraction of sp³-hybridized carbons (Fsp3) is 0.200. The van der Waals surface area contributed by atoms with Crippen LogP contribution in [0.15, 0.2) is 54.6 Å². The summed E-state index contributed by atoms with van der Waals surface area (Å²) < 4.78 is 39.5. The third-order valence-corrected chi connectivity index (χ3v) is 4.46. The second-order valence-electron chi connectivity index (χ2n) is 6.70. The van der Waals surface area contributed by atoms with Crippen molar-refractivity contribution in [3.05, 3.63) is 65.7 Å². The van der Waals surface area contributed by atoms with Crippen LogP contribution in [0.3, 0.4) is 0 Å². The fourth-order valence-electron chi connectivity index (χ4n) is 2.79. The highest BCUT2D eigenvalue weighted by molar-refractivity contribution is 6.02. The molecule has 1 aliphatic rings. The molecule has 1 saturated carbocycles. The van der Waals surface area contributed by atoms with Crippen LogP contribution in [-0.2, 0) is 11.0 Å². The zero-order valence-electron chi connectivity index (χ0n) is 15.1. The molecule has 148 valence electrons. The molecular weight excluding hydrogens is 383 g/mol. The van der Waals surface area contributed by atoms with E-state index in [2.05, 4.69) is 20.8 Å². The summed E-state index contributed by atoms with van der Waals surface area (Å²) in [7, 11) is 0. The molecule has 3 aromatic rings. The van der Waals surface area contributed by atoms with Crippen LogP contribution in [0, 0.1) is 0 Å². The summed E-state index contributed by atoms with van der Waals surface area (Å²) in [5.74, 6) is 0.299. The second-order valence-corrected chi connectivity index (χ2v) is 6.70. The number of carbonyl (C=O) groups is 1. The van der Waals surface area contributed by atoms with Crippen LogP contribution in [-0.4, -0.2) is 26.1 Å². The van der Waals surface area contributed by atoms with Crippen molar-refractivity contribution in [2.45, 2.75) is 25.1 Å². The van der Waals surface area contributed by atoms with Crippen molar-refractivity contribution in [3.63, 3.8) is 0 Å². The third-order valence-electron chi connectivity index (χ3n) is 4.46. The van der Waals surface area contributed by atoms with Crippen LogP contribution in [0.1, 0.15) is 30.0 Å². The number of rotatable bonds is 5. The van der Waals surface area contributed by atoms with Gasteiger partial charge in [-0.2, -0.15) is 13.2 Å². The Morgan fingerprint density at radius 2 is 1.76 bits per heavy atom. The summed E-state index contributed by atoms with van der Waals surface area (Å²) in [6.45, 7) is 0. The SMILES string of the molecule is O=C(/C=C/c1ccc(C(F)(F)F)cc1)Nc1ccc(-c2nnnn2C2CC2)cc1. The molecule has 0 saturated heterocycles. The topological polar surface area (TPSA) is 72.7 Å². The smallest absolute Gasteiger partial charge is 0.323 e. The van der Waals surface area contributed by atoms with Crippen LogP contribution in [0.5, 0.6) is 0 Å². The number of halogens is 3. The van der Waals surface area contributed by atoms with Gasteiger partial charge in [0.25, 0.3) is 0 Å². The number of nitrogens with zero attached hydrogens (tertiary/aromatic N) is 4. The molecule has 0 atom stereocenters. The quantitative estimate of drug-likeness (QED) is 0.648. The maximum atomic E-state index is 12.6. The van der Waals surface area contributed by atoms with Crippen LogP contribution in [0.25, 0.3) is 17.5 Å². The van der Waals surface area contributed by atoms with E-state index in [9.17, 15) is 18.0 Å². The molecule has 0 unspecified atom stereocenters. The molecule has 1 aliphatic carbocycles. The molecule has 1 heterocycles. The molecule has 4 rings (SSSR count). The van der Waals surface area contributed by atoms with Gasteiger partial charge in [-0.05, 0) is 71.3 Å². The van der Waals surface area contributed by atoms with Crippen molar-refractivity contribution < 1.29 is 18.0 Å². The van der Waals surface area contributed by atoms with E-state index in [-0.39, 0.29) is 5.91 Å². The Hall–Kier alpha value is -3.49. The molecule has 1 aromatic heterocycles. The maximum Gasteiger partial charge on any atom is 0.416 e. The standard InChI is InChI=1S/C20H16F3N5O/c21-20(22,23)15-6-1-13(2-7-15)3-12-18(29)24-16-8-4-14(5-9-16)19-25-26-27-28(19)17-10-11-17/h1-9,12,17H,10-11H2,(H,24,29)/b12-3+. The average Bonchev–Trinajstić information content (AvgIpc) is 3.43. The van der Waals surface area contributed by atoms with Crippen molar-refractivity contribution in [1.82, 2.24) is 20.2 Å². The monoisotopic (exact) mass is 399 g/mol. The van der Waals surface area contributed by atoms with Crippen molar-refractivity contribution in [2.24, 2.45) is 0 Å². The Labute approximate surface area is 164 Å². The first-order valence-electron chi connectivity index (χ1n) is 8.95. The van der Waals surface area contributed by atoms with Gasteiger partial charge in [0.15, 0.2) is 5.82 Å². The lowest BCUT2D eigenvalue weighted by Gasteiger charge is -2.06. The second kappa shape index (κ2) is 7.50. The minimum atomic E-state index is -4.38. The molecule has 6 nitrogen and oxygen atoms in total. The summed E-state index contributed by atoms with van der Waals surface area (Å²) in [6.07, 6.45) is 0.473. The number of benzene rings is 2. The summed E-state index contributed by atoms with van der Waals surface area (Å²) >= 11 is 0. The van der Waals surface area contributed by atoms with E-state index in [1.54, 1.807) is 16.8 Å². The lowest BCUT2D eigenvalue weighted by atomic mass is 10.1. The highest BCUT2D eigenvalue weighted by Gasteiger charge is 2.30. The van der Waals surface area contributed by atoms with Crippen molar-refractivity contribution in [2.75, 3.05) is 5.32 Å². The molecule has 2 aromatic carbocycles. The number of hydrogen-bond acceptors (Lipinski definition) is 4. The van der Waals surface area contributed by atoms with Gasteiger partial charge in [-0.15, -0.1) is 5.10 Å². The van der Waals surface area contributed by atoms with Crippen LogP contribution in [0.2, 0.25) is 0 Å². The lowest BCUT2D eigenvalue weighted by Crippen LogP contribution is -2.07. The normalized spacial score (nSPS) is 14.3. The van der Waals surface area contributed by atoms with Crippen LogP contribution < -0.4 is 5.32 Å². The Kier molecular flexibility index (Phi) is 4.87. The van der Waals surface area contributed by atoms with E-state index >= 15 is 0 Å².